The van der Waals surface area contributed by atoms with E-state index < -0.39 is 23.9 Å². The number of amides is 1. The first kappa shape index (κ1) is 22.3. The van der Waals surface area contributed by atoms with Gasteiger partial charge in [0, 0.05) is 6.04 Å². The Kier molecular flexibility index (Phi) is 6.05. The molecule has 0 radical (unpaired) electrons. The number of aryl methyl sites for hydroxylation is 1. The Balaban J connectivity index is 1.72. The molecule has 3 aromatic rings. The normalized spacial score (nSPS) is 12.9. The number of rotatable bonds is 6. The van der Waals surface area contributed by atoms with Gasteiger partial charge in [-0.2, -0.15) is 10.2 Å². The van der Waals surface area contributed by atoms with E-state index >= 15 is 0 Å². The SMILES string of the molecule is Cc1nn(C(C)C)c2cnn(CC(=O)NC(C)c3ccc(OC(F)(F)F)cc3)c(=O)c12. The average Bonchev–Trinajstić information content (AvgIpc) is 3.01. The lowest BCUT2D eigenvalue weighted by Gasteiger charge is -2.16. The maximum Gasteiger partial charge on any atom is 0.573 e. The van der Waals surface area contributed by atoms with E-state index in [1.54, 1.807) is 18.5 Å². The van der Waals surface area contributed by atoms with E-state index in [2.05, 4.69) is 20.3 Å². The molecule has 3 rings (SSSR count). The molecule has 1 aromatic carbocycles. The largest absolute Gasteiger partial charge is 0.573 e. The highest BCUT2D eigenvalue weighted by atomic mass is 19.4. The van der Waals surface area contributed by atoms with Crippen LogP contribution in [0.1, 0.15) is 44.1 Å². The second-order valence-electron chi connectivity index (χ2n) is 7.40. The van der Waals surface area contributed by atoms with E-state index in [9.17, 15) is 22.8 Å². The average molecular weight is 437 g/mol. The van der Waals surface area contributed by atoms with Crippen LogP contribution in [-0.4, -0.2) is 31.8 Å². The molecule has 0 fully saturated rings. The monoisotopic (exact) mass is 437 g/mol. The van der Waals surface area contributed by atoms with Gasteiger partial charge in [-0.25, -0.2) is 4.68 Å². The number of alkyl halides is 3. The van der Waals surface area contributed by atoms with Crippen molar-refractivity contribution in [3.63, 3.8) is 0 Å². The number of hydrogen-bond acceptors (Lipinski definition) is 5. The zero-order valence-corrected chi connectivity index (χ0v) is 17.4. The fourth-order valence-corrected chi connectivity index (χ4v) is 3.23. The van der Waals surface area contributed by atoms with Crippen molar-refractivity contribution in [3.05, 3.63) is 52.1 Å². The Morgan fingerprint density at radius 2 is 1.84 bits per heavy atom. The van der Waals surface area contributed by atoms with Crippen molar-refractivity contribution in [3.8, 4) is 5.75 Å². The second kappa shape index (κ2) is 8.40. The van der Waals surface area contributed by atoms with Crippen LogP contribution in [0.2, 0.25) is 0 Å². The molecule has 0 aliphatic carbocycles. The molecule has 31 heavy (non-hydrogen) atoms. The van der Waals surface area contributed by atoms with Gasteiger partial charge in [-0.15, -0.1) is 13.2 Å². The number of fused-ring (bicyclic) bond motifs is 1. The minimum Gasteiger partial charge on any atom is -0.406 e. The topological polar surface area (TPSA) is 91.0 Å². The van der Waals surface area contributed by atoms with Crippen LogP contribution in [0.15, 0.2) is 35.3 Å². The van der Waals surface area contributed by atoms with Crippen molar-refractivity contribution in [1.82, 2.24) is 24.9 Å². The van der Waals surface area contributed by atoms with Crippen molar-refractivity contribution < 1.29 is 22.7 Å². The van der Waals surface area contributed by atoms with Gasteiger partial charge in [0.1, 0.15) is 12.3 Å². The van der Waals surface area contributed by atoms with Crippen LogP contribution in [0.5, 0.6) is 5.75 Å². The third-order valence-electron chi connectivity index (χ3n) is 4.66. The van der Waals surface area contributed by atoms with Crippen molar-refractivity contribution >= 4 is 16.8 Å². The van der Waals surface area contributed by atoms with Gasteiger partial charge in [-0.1, -0.05) is 12.1 Å². The van der Waals surface area contributed by atoms with Gasteiger partial charge in [0.2, 0.25) is 5.91 Å². The first-order valence-electron chi connectivity index (χ1n) is 9.56. The Labute approximate surface area is 175 Å². The summed E-state index contributed by atoms with van der Waals surface area (Å²) in [4.78, 5) is 25.2. The lowest BCUT2D eigenvalue weighted by molar-refractivity contribution is -0.274. The standard InChI is InChI=1S/C20H22F3N5O3/c1-11(2)28-16-9-24-27(19(30)18(16)13(4)26-28)10-17(29)25-12(3)14-5-7-15(8-6-14)31-20(21,22)23/h5-9,11-12H,10H2,1-4H3,(H,25,29). The molecule has 2 heterocycles. The molecule has 11 heteroatoms. The van der Waals surface area contributed by atoms with Gasteiger partial charge in [0.15, 0.2) is 0 Å². The van der Waals surface area contributed by atoms with E-state index in [4.69, 9.17) is 0 Å². The number of ether oxygens (including phenoxy) is 1. The molecular weight excluding hydrogens is 415 g/mol. The third kappa shape index (κ3) is 5.04. The van der Waals surface area contributed by atoms with Crippen molar-refractivity contribution in [1.29, 1.82) is 0 Å². The molecule has 1 N–H and O–H groups in total. The lowest BCUT2D eigenvalue weighted by atomic mass is 10.1. The number of benzene rings is 1. The number of nitrogens with one attached hydrogen (secondary N) is 1. The summed E-state index contributed by atoms with van der Waals surface area (Å²) in [6, 6.07) is 4.72. The Morgan fingerprint density at radius 3 is 2.42 bits per heavy atom. The maximum absolute atomic E-state index is 12.8. The van der Waals surface area contributed by atoms with Gasteiger partial charge in [0.25, 0.3) is 5.56 Å². The van der Waals surface area contributed by atoms with Crippen molar-refractivity contribution in [2.24, 2.45) is 0 Å². The van der Waals surface area contributed by atoms with Crippen LogP contribution in [0.25, 0.3) is 10.9 Å². The Morgan fingerprint density at radius 1 is 1.19 bits per heavy atom. The molecule has 0 aliphatic heterocycles. The number of carbonyl (C=O) groups is 1. The number of aromatic nitrogens is 4. The molecule has 1 amide bonds. The number of halogens is 3. The van der Waals surface area contributed by atoms with E-state index in [0.29, 0.717) is 22.2 Å². The summed E-state index contributed by atoms with van der Waals surface area (Å²) >= 11 is 0. The van der Waals surface area contributed by atoms with E-state index in [-0.39, 0.29) is 18.3 Å². The summed E-state index contributed by atoms with van der Waals surface area (Å²) < 4.78 is 43.4. The van der Waals surface area contributed by atoms with Crippen LogP contribution in [0.3, 0.4) is 0 Å². The summed E-state index contributed by atoms with van der Waals surface area (Å²) in [5, 5.41) is 11.6. The molecule has 0 saturated carbocycles. The quantitative estimate of drug-likeness (QED) is 0.639. The summed E-state index contributed by atoms with van der Waals surface area (Å²) in [6.45, 7) is 6.97. The minimum atomic E-state index is -4.77. The van der Waals surface area contributed by atoms with Crippen molar-refractivity contribution in [2.75, 3.05) is 0 Å². The fraction of sp³-hybridized carbons (Fsp3) is 0.400. The predicted molar refractivity (Wildman–Crippen MR) is 107 cm³/mol. The molecule has 0 bridgehead atoms. The van der Waals surface area contributed by atoms with E-state index in [1.165, 1.54) is 30.5 Å². The predicted octanol–water partition coefficient (Wildman–Crippen LogP) is 3.26. The molecule has 8 nitrogen and oxygen atoms in total. The number of nitrogens with zero attached hydrogens (tertiary/aromatic N) is 4. The molecule has 1 atom stereocenters. The number of hydrogen-bond donors (Lipinski definition) is 1. The summed E-state index contributed by atoms with van der Waals surface area (Å²) in [5.74, 6) is -0.817. The third-order valence-corrected chi connectivity index (χ3v) is 4.66. The highest BCUT2D eigenvalue weighted by molar-refractivity contribution is 5.81. The smallest absolute Gasteiger partial charge is 0.406 e. The zero-order valence-electron chi connectivity index (χ0n) is 17.4. The van der Waals surface area contributed by atoms with Gasteiger partial charge in [-0.05, 0) is 45.4 Å². The molecule has 166 valence electrons. The highest BCUT2D eigenvalue weighted by Crippen LogP contribution is 2.24. The first-order chi connectivity index (χ1) is 14.5. The Hall–Kier alpha value is -3.37. The van der Waals surface area contributed by atoms with Gasteiger partial charge >= 0.3 is 6.36 Å². The molecule has 2 aromatic heterocycles. The highest BCUT2D eigenvalue weighted by Gasteiger charge is 2.31. The van der Waals surface area contributed by atoms with Crippen LogP contribution in [0, 0.1) is 6.92 Å². The lowest BCUT2D eigenvalue weighted by Crippen LogP contribution is -2.35. The summed E-state index contributed by atoms with van der Waals surface area (Å²) in [7, 11) is 0. The number of carbonyl (C=O) groups excluding carboxylic acids is 1. The molecule has 0 aliphatic rings. The van der Waals surface area contributed by atoms with Crippen molar-refractivity contribution in [2.45, 2.75) is 52.7 Å². The van der Waals surface area contributed by atoms with Gasteiger partial charge in [-0.3, -0.25) is 14.3 Å². The minimum absolute atomic E-state index is 0.0466. The molecule has 1 unspecified atom stereocenters. The van der Waals surface area contributed by atoms with Crippen LogP contribution in [0.4, 0.5) is 13.2 Å². The van der Waals surface area contributed by atoms with E-state index in [1.807, 2.05) is 13.8 Å². The molecular formula is C20H22F3N5O3. The summed E-state index contributed by atoms with van der Waals surface area (Å²) in [5.41, 5.74) is 1.31. The first-order valence-corrected chi connectivity index (χ1v) is 9.56. The maximum atomic E-state index is 12.8. The summed E-state index contributed by atoms with van der Waals surface area (Å²) in [6.07, 6.45) is -3.26. The second-order valence-corrected chi connectivity index (χ2v) is 7.40. The zero-order chi connectivity index (χ0) is 22.9. The van der Waals surface area contributed by atoms with Crippen LogP contribution < -0.4 is 15.6 Å². The van der Waals surface area contributed by atoms with Crippen LogP contribution in [-0.2, 0) is 11.3 Å². The Bertz CT molecular complexity index is 1150. The fourth-order valence-electron chi connectivity index (χ4n) is 3.23. The van der Waals surface area contributed by atoms with Gasteiger partial charge < -0.3 is 10.1 Å². The van der Waals surface area contributed by atoms with Gasteiger partial charge in [0.05, 0.1) is 28.8 Å². The molecule has 0 spiro atoms. The van der Waals surface area contributed by atoms with Crippen LogP contribution >= 0.6 is 0 Å². The van der Waals surface area contributed by atoms with E-state index in [0.717, 1.165) is 4.68 Å². The molecule has 0 saturated heterocycles.